The monoisotopic (exact) mass is 228 g/mol. The Bertz CT molecular complexity index is 252. The zero-order chi connectivity index (χ0) is 11.6. The average Bonchev–Trinajstić information content (AvgIpc) is 2.26. The molecule has 0 atom stereocenters. The minimum absolute atomic E-state index is 0.245. The summed E-state index contributed by atoms with van der Waals surface area (Å²) in [5, 5.41) is 0.938. The van der Waals surface area contributed by atoms with Crippen molar-refractivity contribution in [2.24, 2.45) is 5.41 Å². The Hall–Kier alpha value is -0.480. The molecule has 0 saturated carbocycles. The predicted octanol–water partition coefficient (Wildman–Crippen LogP) is 1.64. The van der Waals surface area contributed by atoms with Crippen LogP contribution in [0.5, 0.6) is 0 Å². The molecule has 4 heteroatoms. The Morgan fingerprint density at radius 1 is 1.12 bits per heavy atom. The first-order valence-corrected chi connectivity index (χ1v) is 6.22. The molecule has 0 unspecified atom stereocenters. The highest BCUT2D eigenvalue weighted by Crippen LogP contribution is 2.41. The van der Waals surface area contributed by atoms with E-state index in [1.54, 1.807) is 6.92 Å². The van der Waals surface area contributed by atoms with Crippen LogP contribution in [-0.4, -0.2) is 48.5 Å². The average molecular weight is 228 g/mol. The van der Waals surface area contributed by atoms with Crippen LogP contribution in [0.25, 0.3) is 0 Å². The highest BCUT2D eigenvalue weighted by molar-refractivity contribution is 5.77. The molecule has 0 N–H and O–H groups in total. The van der Waals surface area contributed by atoms with Crippen LogP contribution in [0.4, 0.5) is 4.48 Å². The molecule has 2 fully saturated rings. The van der Waals surface area contributed by atoms with Crippen molar-refractivity contribution in [3.05, 3.63) is 0 Å². The molecule has 2 heterocycles. The zero-order valence-corrected chi connectivity index (χ0v) is 10.0. The fourth-order valence-corrected chi connectivity index (χ4v) is 2.95. The molecule has 0 aliphatic carbocycles. The summed E-state index contributed by atoms with van der Waals surface area (Å²) in [6.07, 6.45) is 4.23. The van der Waals surface area contributed by atoms with E-state index in [0.717, 1.165) is 43.9 Å². The first-order valence-electron chi connectivity index (χ1n) is 6.22. The largest absolute Gasteiger partial charge is 0.299 e. The van der Waals surface area contributed by atoms with Crippen molar-refractivity contribution in [1.82, 2.24) is 10.0 Å². The van der Waals surface area contributed by atoms with Crippen LogP contribution in [-0.2, 0) is 4.79 Å². The number of halogens is 1. The minimum Gasteiger partial charge on any atom is -0.299 e. The second-order valence-electron chi connectivity index (χ2n) is 5.39. The molecule has 0 aromatic carbocycles. The Labute approximate surface area is 96.5 Å². The second kappa shape index (κ2) is 4.80. The molecule has 2 rings (SSSR count). The fourth-order valence-electron chi connectivity index (χ4n) is 2.95. The van der Waals surface area contributed by atoms with E-state index in [9.17, 15) is 9.28 Å². The normalized spacial score (nSPS) is 27.1. The van der Waals surface area contributed by atoms with Gasteiger partial charge in [-0.1, -0.05) is 0 Å². The van der Waals surface area contributed by atoms with Crippen molar-refractivity contribution < 1.29 is 9.28 Å². The second-order valence-corrected chi connectivity index (χ2v) is 5.39. The predicted molar refractivity (Wildman–Crippen MR) is 60.7 cm³/mol. The third-order valence-electron chi connectivity index (χ3n) is 4.13. The fraction of sp³-hybridized carbons (Fsp3) is 0.917. The number of rotatable bonds is 2. The van der Waals surface area contributed by atoms with Crippen LogP contribution < -0.4 is 0 Å². The molecular weight excluding hydrogens is 207 g/mol. The summed E-state index contributed by atoms with van der Waals surface area (Å²) in [5.41, 5.74) is 0.371. The van der Waals surface area contributed by atoms with E-state index in [1.807, 2.05) is 0 Å². The lowest BCUT2D eigenvalue weighted by atomic mass is 9.71. The molecule has 92 valence electrons. The van der Waals surface area contributed by atoms with E-state index < -0.39 is 0 Å². The van der Waals surface area contributed by atoms with Gasteiger partial charge in [-0.15, -0.1) is 9.60 Å². The Kier molecular flexibility index (Phi) is 3.60. The molecular formula is C12H21FN2O. The number of carbonyl (C=O) groups excluding carboxylic acids is 1. The summed E-state index contributed by atoms with van der Waals surface area (Å²) < 4.78 is 12.9. The summed E-state index contributed by atoms with van der Waals surface area (Å²) in [5.74, 6) is 0.245. The van der Waals surface area contributed by atoms with Crippen molar-refractivity contribution >= 4 is 5.78 Å². The highest BCUT2D eigenvalue weighted by atomic mass is 19.2. The van der Waals surface area contributed by atoms with Gasteiger partial charge in [0.2, 0.25) is 0 Å². The van der Waals surface area contributed by atoms with Crippen LogP contribution >= 0.6 is 0 Å². The molecule has 0 aromatic rings. The molecule has 0 bridgehead atoms. The molecule has 2 aliphatic heterocycles. The first-order chi connectivity index (χ1) is 7.60. The number of Topliss-reactive ketones (excluding diaryl/α,β-unsaturated/α-hetero) is 1. The van der Waals surface area contributed by atoms with Gasteiger partial charge in [0.15, 0.2) is 0 Å². The van der Waals surface area contributed by atoms with Crippen LogP contribution in [0, 0.1) is 5.41 Å². The summed E-state index contributed by atoms with van der Waals surface area (Å²) in [7, 11) is 0. The lowest BCUT2D eigenvalue weighted by Gasteiger charge is -2.45. The van der Waals surface area contributed by atoms with E-state index >= 15 is 0 Å². The maximum absolute atomic E-state index is 12.9. The lowest BCUT2D eigenvalue weighted by Crippen LogP contribution is -2.46. The Balaban J connectivity index is 1.82. The summed E-state index contributed by atoms with van der Waals surface area (Å²) in [4.78, 5) is 13.3. The maximum Gasteiger partial charge on any atom is 0.143 e. The van der Waals surface area contributed by atoms with E-state index in [-0.39, 0.29) is 5.78 Å². The van der Waals surface area contributed by atoms with Gasteiger partial charge in [-0.3, -0.25) is 9.69 Å². The van der Waals surface area contributed by atoms with Gasteiger partial charge in [-0.2, -0.15) is 0 Å². The van der Waals surface area contributed by atoms with Gasteiger partial charge in [0.1, 0.15) is 5.78 Å². The van der Waals surface area contributed by atoms with E-state index in [2.05, 4.69) is 4.90 Å². The maximum atomic E-state index is 12.9. The van der Waals surface area contributed by atoms with Gasteiger partial charge in [0.05, 0.1) is 6.54 Å². The van der Waals surface area contributed by atoms with Gasteiger partial charge in [-0.25, -0.2) is 0 Å². The van der Waals surface area contributed by atoms with Crippen molar-refractivity contribution in [2.45, 2.75) is 32.6 Å². The number of ketones is 1. The third kappa shape index (κ3) is 2.80. The van der Waals surface area contributed by atoms with Gasteiger partial charge in [0, 0.05) is 13.1 Å². The smallest absolute Gasteiger partial charge is 0.143 e. The van der Waals surface area contributed by atoms with Crippen LogP contribution in [0.3, 0.4) is 0 Å². The first kappa shape index (κ1) is 12.0. The molecule has 2 aliphatic rings. The summed E-state index contributed by atoms with van der Waals surface area (Å²) >= 11 is 0. The number of hydrogen-bond acceptors (Lipinski definition) is 3. The highest BCUT2D eigenvalue weighted by Gasteiger charge is 2.37. The molecule has 0 radical (unpaired) electrons. The number of hydrogen-bond donors (Lipinski definition) is 0. The topological polar surface area (TPSA) is 23.6 Å². The molecule has 16 heavy (non-hydrogen) atoms. The van der Waals surface area contributed by atoms with Crippen molar-refractivity contribution in [2.75, 3.05) is 32.7 Å². The quantitative estimate of drug-likeness (QED) is 0.671. The molecule has 1 spiro atoms. The summed E-state index contributed by atoms with van der Waals surface area (Å²) in [6.45, 7) is 5.43. The third-order valence-corrected chi connectivity index (χ3v) is 4.13. The van der Waals surface area contributed by atoms with Crippen molar-refractivity contribution in [3.8, 4) is 0 Å². The number of likely N-dealkylation sites (tertiary alicyclic amines) is 1. The van der Waals surface area contributed by atoms with Crippen LogP contribution in [0.2, 0.25) is 0 Å². The van der Waals surface area contributed by atoms with Gasteiger partial charge in [0.25, 0.3) is 0 Å². The minimum atomic E-state index is 0.245. The Morgan fingerprint density at radius 2 is 1.62 bits per heavy atom. The van der Waals surface area contributed by atoms with Crippen LogP contribution in [0.15, 0.2) is 0 Å². The van der Waals surface area contributed by atoms with Crippen molar-refractivity contribution in [1.29, 1.82) is 0 Å². The summed E-state index contributed by atoms with van der Waals surface area (Å²) in [6, 6.07) is 0. The number of nitrogens with zero attached hydrogens (tertiary/aromatic N) is 2. The van der Waals surface area contributed by atoms with E-state index in [1.165, 1.54) is 0 Å². The molecule has 3 nitrogen and oxygen atoms in total. The lowest BCUT2D eigenvalue weighted by molar-refractivity contribution is -0.119. The van der Waals surface area contributed by atoms with Gasteiger partial charge < -0.3 is 0 Å². The molecule has 2 saturated heterocycles. The zero-order valence-electron chi connectivity index (χ0n) is 10.0. The molecule has 0 aromatic heterocycles. The van der Waals surface area contributed by atoms with Gasteiger partial charge >= 0.3 is 0 Å². The number of piperidine rings is 2. The van der Waals surface area contributed by atoms with E-state index in [0.29, 0.717) is 25.0 Å². The molecule has 0 amide bonds. The van der Waals surface area contributed by atoms with Gasteiger partial charge in [-0.05, 0) is 51.1 Å². The Morgan fingerprint density at radius 3 is 2.12 bits per heavy atom. The standard InChI is InChI=1S/C12H21FN2O/c1-11(16)10-14-6-2-12(3-7-14)4-8-15(13)9-5-12/h2-10H2,1H3. The number of carbonyl (C=O) groups is 1. The van der Waals surface area contributed by atoms with E-state index in [4.69, 9.17) is 0 Å². The van der Waals surface area contributed by atoms with Crippen LogP contribution in [0.1, 0.15) is 32.6 Å². The SMILES string of the molecule is CC(=O)CN1CCC2(CCN(F)CC2)CC1. The van der Waals surface area contributed by atoms with Crippen molar-refractivity contribution in [3.63, 3.8) is 0 Å².